The van der Waals surface area contributed by atoms with Crippen LogP contribution in [0.3, 0.4) is 0 Å². The maximum Gasteiger partial charge on any atom is 0.227 e. The Morgan fingerprint density at radius 1 is 1.08 bits per heavy atom. The van der Waals surface area contributed by atoms with Crippen LogP contribution in [0.15, 0.2) is 40.4 Å². The summed E-state index contributed by atoms with van der Waals surface area (Å²) in [5.41, 5.74) is 3.53. The van der Waals surface area contributed by atoms with Crippen LogP contribution in [0.4, 0.5) is 17.3 Å². The van der Waals surface area contributed by atoms with Crippen molar-refractivity contribution in [3.63, 3.8) is 0 Å². The Hall–Kier alpha value is -3.40. The molecule has 0 saturated carbocycles. The van der Waals surface area contributed by atoms with Crippen LogP contribution in [0.25, 0.3) is 0 Å². The molecule has 3 N–H and O–H groups in total. The normalized spacial score (nSPS) is 16.4. The topological polar surface area (TPSA) is 116 Å². The molecule has 1 spiro atoms. The van der Waals surface area contributed by atoms with E-state index in [0.717, 1.165) is 77.9 Å². The van der Waals surface area contributed by atoms with E-state index in [0.29, 0.717) is 5.16 Å². The third-order valence-electron chi connectivity index (χ3n) is 7.33. The molecule has 0 unspecified atom stereocenters. The SMILES string of the molecule is CC(=O)Nc1ccc(Sc2nc(Nc3cc(C)[nH]n3)c3c(n2)C2(CC3)CCN(C(=O)C(C)(C)C)CC2)cc1. The molecule has 1 fully saturated rings. The number of hydrogen-bond donors (Lipinski definition) is 3. The first-order valence-corrected chi connectivity index (χ1v) is 13.9. The van der Waals surface area contributed by atoms with Crippen LogP contribution in [-0.4, -0.2) is 50.0 Å². The van der Waals surface area contributed by atoms with Gasteiger partial charge in [-0.05, 0) is 68.6 Å². The number of rotatable bonds is 5. The summed E-state index contributed by atoms with van der Waals surface area (Å²) in [5, 5.41) is 14.2. The van der Waals surface area contributed by atoms with Gasteiger partial charge in [0, 0.05) is 58.7 Å². The zero-order chi connectivity index (χ0) is 27.1. The molecular formula is C28H35N7O2S. The molecule has 0 bridgehead atoms. The third-order valence-corrected chi connectivity index (χ3v) is 8.20. The number of nitrogens with zero attached hydrogens (tertiary/aromatic N) is 4. The second-order valence-electron chi connectivity index (χ2n) is 11.4. The molecule has 1 saturated heterocycles. The van der Waals surface area contributed by atoms with Crippen LogP contribution in [0.1, 0.15) is 63.9 Å². The molecule has 38 heavy (non-hydrogen) atoms. The zero-order valence-electron chi connectivity index (χ0n) is 22.6. The van der Waals surface area contributed by atoms with Crippen molar-refractivity contribution < 1.29 is 9.59 Å². The van der Waals surface area contributed by atoms with Crippen molar-refractivity contribution in [3.8, 4) is 0 Å². The van der Waals surface area contributed by atoms with Crippen molar-refractivity contribution in [1.82, 2.24) is 25.1 Å². The Balaban J connectivity index is 1.45. The molecule has 3 heterocycles. The average Bonchev–Trinajstić information content (AvgIpc) is 3.43. The summed E-state index contributed by atoms with van der Waals surface area (Å²) in [6, 6.07) is 9.65. The van der Waals surface area contributed by atoms with E-state index in [-0.39, 0.29) is 22.6 Å². The first-order valence-electron chi connectivity index (χ1n) is 13.1. The second-order valence-corrected chi connectivity index (χ2v) is 12.4. The molecule has 0 atom stereocenters. The molecule has 1 aromatic carbocycles. The quantitative estimate of drug-likeness (QED) is 0.385. The van der Waals surface area contributed by atoms with Gasteiger partial charge in [-0.1, -0.05) is 20.8 Å². The third kappa shape index (κ3) is 5.41. The minimum atomic E-state index is -0.377. The van der Waals surface area contributed by atoms with Gasteiger partial charge in [0.2, 0.25) is 11.8 Å². The molecule has 2 aliphatic rings. The molecule has 9 nitrogen and oxygen atoms in total. The molecular weight excluding hydrogens is 498 g/mol. The standard InChI is InChI=1S/C28H35N7O2S/c1-17-16-22(34-33-17)30-24-21-10-11-28(12-14-35(15-13-28)25(37)27(3,4)5)23(21)31-26(32-24)38-20-8-6-19(7-9-20)29-18(2)36/h6-9,16H,10-15H2,1-5H3,(H,29,36)(H2,30,31,32,33,34). The molecule has 1 aliphatic heterocycles. The second kappa shape index (κ2) is 10.1. The minimum absolute atomic E-state index is 0.0601. The lowest BCUT2D eigenvalue weighted by Crippen LogP contribution is -2.48. The van der Waals surface area contributed by atoms with Crippen LogP contribution in [0, 0.1) is 12.3 Å². The number of aromatic nitrogens is 4. The summed E-state index contributed by atoms with van der Waals surface area (Å²) < 4.78 is 0. The van der Waals surface area contributed by atoms with Gasteiger partial charge in [-0.2, -0.15) is 5.10 Å². The highest BCUT2D eigenvalue weighted by Gasteiger charge is 2.45. The van der Waals surface area contributed by atoms with Gasteiger partial charge in [-0.15, -0.1) is 0 Å². The van der Waals surface area contributed by atoms with Crippen LogP contribution in [0.5, 0.6) is 0 Å². The number of likely N-dealkylation sites (tertiary alicyclic amines) is 1. The highest BCUT2D eigenvalue weighted by atomic mass is 32.2. The lowest BCUT2D eigenvalue weighted by molar-refractivity contribution is -0.141. The number of H-pyrrole nitrogens is 1. The van der Waals surface area contributed by atoms with Gasteiger partial charge >= 0.3 is 0 Å². The Morgan fingerprint density at radius 2 is 1.79 bits per heavy atom. The van der Waals surface area contributed by atoms with Crippen LogP contribution in [0.2, 0.25) is 0 Å². The van der Waals surface area contributed by atoms with Crippen molar-refractivity contribution in [3.05, 3.63) is 47.3 Å². The van der Waals surface area contributed by atoms with Crippen molar-refractivity contribution in [2.75, 3.05) is 23.7 Å². The maximum absolute atomic E-state index is 12.9. The fraction of sp³-hybridized carbons (Fsp3) is 0.464. The molecule has 10 heteroatoms. The van der Waals surface area contributed by atoms with E-state index in [9.17, 15) is 9.59 Å². The lowest BCUT2D eigenvalue weighted by Gasteiger charge is -2.41. The highest BCUT2D eigenvalue weighted by Crippen LogP contribution is 2.48. The first-order chi connectivity index (χ1) is 18.0. The number of nitrogens with one attached hydrogen (secondary N) is 3. The van der Waals surface area contributed by atoms with E-state index in [2.05, 4.69) is 20.8 Å². The summed E-state index contributed by atoms with van der Waals surface area (Å²) in [5.74, 6) is 1.63. The molecule has 3 aromatic rings. The van der Waals surface area contributed by atoms with Crippen LogP contribution >= 0.6 is 11.8 Å². The van der Waals surface area contributed by atoms with Crippen molar-refractivity contribution >= 4 is 40.9 Å². The van der Waals surface area contributed by atoms with E-state index in [1.54, 1.807) is 0 Å². The Kier molecular flexibility index (Phi) is 6.94. The fourth-order valence-electron chi connectivity index (χ4n) is 5.39. The van der Waals surface area contributed by atoms with Gasteiger partial charge in [0.05, 0.1) is 5.69 Å². The van der Waals surface area contributed by atoms with Gasteiger partial charge < -0.3 is 15.5 Å². The molecule has 200 valence electrons. The predicted molar refractivity (Wildman–Crippen MR) is 149 cm³/mol. The average molecular weight is 534 g/mol. The number of carbonyl (C=O) groups excluding carboxylic acids is 2. The minimum Gasteiger partial charge on any atom is -0.342 e. The van der Waals surface area contributed by atoms with Crippen LogP contribution in [-0.2, 0) is 21.4 Å². The number of aryl methyl sites for hydroxylation is 1. The number of fused-ring (bicyclic) bond motifs is 2. The van der Waals surface area contributed by atoms with Gasteiger partial charge in [-0.25, -0.2) is 9.97 Å². The predicted octanol–water partition coefficient (Wildman–Crippen LogP) is 5.21. The zero-order valence-corrected chi connectivity index (χ0v) is 23.5. The summed E-state index contributed by atoms with van der Waals surface area (Å²) in [6.07, 6.45) is 3.69. The number of hydrogen-bond acceptors (Lipinski definition) is 7. The smallest absolute Gasteiger partial charge is 0.227 e. The number of amides is 2. The van der Waals surface area contributed by atoms with Gasteiger partial charge in [0.1, 0.15) is 5.82 Å². The van der Waals surface area contributed by atoms with Gasteiger partial charge in [-0.3, -0.25) is 14.7 Å². The largest absolute Gasteiger partial charge is 0.342 e. The van der Waals surface area contributed by atoms with E-state index < -0.39 is 0 Å². The summed E-state index contributed by atoms with van der Waals surface area (Å²) >= 11 is 1.50. The monoisotopic (exact) mass is 533 g/mol. The Bertz CT molecular complexity index is 1350. The Morgan fingerprint density at radius 3 is 2.39 bits per heavy atom. The number of aromatic amines is 1. The van der Waals surface area contributed by atoms with Crippen molar-refractivity contribution in [2.45, 2.75) is 75.8 Å². The summed E-state index contributed by atoms with van der Waals surface area (Å²) in [6.45, 7) is 10.9. The summed E-state index contributed by atoms with van der Waals surface area (Å²) in [4.78, 5) is 37.3. The molecule has 2 amide bonds. The first kappa shape index (κ1) is 26.2. The lowest BCUT2D eigenvalue weighted by atomic mass is 9.75. The van der Waals surface area contributed by atoms with Gasteiger partial charge in [0.25, 0.3) is 0 Å². The number of benzene rings is 1. The maximum atomic E-state index is 12.9. The van der Waals surface area contributed by atoms with Gasteiger partial charge in [0.15, 0.2) is 11.0 Å². The number of carbonyl (C=O) groups is 2. The molecule has 1 aliphatic carbocycles. The fourth-order valence-corrected chi connectivity index (χ4v) is 6.14. The van der Waals surface area contributed by atoms with Crippen LogP contribution < -0.4 is 10.6 Å². The molecule has 0 radical (unpaired) electrons. The van der Waals surface area contributed by atoms with E-state index in [1.807, 2.05) is 62.9 Å². The summed E-state index contributed by atoms with van der Waals surface area (Å²) in [7, 11) is 0. The number of anilines is 3. The number of piperidine rings is 1. The molecule has 5 rings (SSSR count). The van der Waals surface area contributed by atoms with Crippen molar-refractivity contribution in [2.24, 2.45) is 5.41 Å². The van der Waals surface area contributed by atoms with Crippen molar-refractivity contribution in [1.29, 1.82) is 0 Å². The van der Waals surface area contributed by atoms with E-state index in [1.165, 1.54) is 18.7 Å². The van der Waals surface area contributed by atoms with E-state index >= 15 is 0 Å². The highest BCUT2D eigenvalue weighted by molar-refractivity contribution is 7.99. The Labute approximate surface area is 227 Å². The molecule has 2 aromatic heterocycles. The van der Waals surface area contributed by atoms with E-state index in [4.69, 9.17) is 9.97 Å².